The van der Waals surface area contributed by atoms with Crippen LogP contribution in [0.1, 0.15) is 21.5 Å². The van der Waals surface area contributed by atoms with Gasteiger partial charge in [0.1, 0.15) is 5.82 Å². The lowest BCUT2D eigenvalue weighted by atomic mass is 9.99. The second-order valence-electron chi connectivity index (χ2n) is 5.18. The van der Waals surface area contributed by atoms with Gasteiger partial charge < -0.3 is 5.32 Å². The SMILES string of the molecule is Cc1ccccc1C(=O)c1ccc(Nc2ccccn2)cc1Cl. The molecule has 0 aliphatic heterocycles. The van der Waals surface area contributed by atoms with E-state index in [0.29, 0.717) is 16.1 Å². The summed E-state index contributed by atoms with van der Waals surface area (Å²) in [6.07, 6.45) is 1.71. The van der Waals surface area contributed by atoms with Gasteiger partial charge in [-0.3, -0.25) is 4.79 Å². The first-order valence-corrected chi connectivity index (χ1v) is 7.61. The minimum absolute atomic E-state index is 0.0718. The summed E-state index contributed by atoms with van der Waals surface area (Å²) in [5, 5.41) is 3.57. The molecule has 0 saturated heterocycles. The first-order chi connectivity index (χ1) is 11.1. The number of halogens is 1. The number of aromatic nitrogens is 1. The van der Waals surface area contributed by atoms with Gasteiger partial charge in [0.2, 0.25) is 0 Å². The number of pyridine rings is 1. The molecule has 0 aliphatic carbocycles. The van der Waals surface area contributed by atoms with Gasteiger partial charge >= 0.3 is 0 Å². The molecule has 0 amide bonds. The number of aryl methyl sites for hydroxylation is 1. The van der Waals surface area contributed by atoms with Crippen LogP contribution >= 0.6 is 11.6 Å². The van der Waals surface area contributed by atoms with Crippen LogP contribution in [0.3, 0.4) is 0 Å². The second kappa shape index (κ2) is 6.63. The predicted octanol–water partition coefficient (Wildman–Crippen LogP) is 5.02. The average Bonchev–Trinajstić information content (AvgIpc) is 2.56. The Kier molecular flexibility index (Phi) is 4.40. The quantitative estimate of drug-likeness (QED) is 0.686. The summed E-state index contributed by atoms with van der Waals surface area (Å²) >= 11 is 6.31. The smallest absolute Gasteiger partial charge is 0.194 e. The third-order valence-electron chi connectivity index (χ3n) is 3.54. The standard InChI is InChI=1S/C19H15ClN2O/c1-13-6-2-3-7-15(13)19(23)16-10-9-14(12-17(16)20)22-18-8-4-5-11-21-18/h2-12H,1H3,(H,21,22). The molecule has 0 bridgehead atoms. The van der Waals surface area contributed by atoms with Gasteiger partial charge in [-0.25, -0.2) is 4.98 Å². The summed E-state index contributed by atoms with van der Waals surface area (Å²) in [7, 11) is 0. The van der Waals surface area contributed by atoms with Gasteiger partial charge in [-0.1, -0.05) is 41.9 Å². The molecule has 0 unspecified atom stereocenters. The molecule has 0 aliphatic rings. The number of hydrogen-bond acceptors (Lipinski definition) is 3. The Balaban J connectivity index is 1.88. The zero-order chi connectivity index (χ0) is 16.2. The highest BCUT2D eigenvalue weighted by Gasteiger charge is 2.15. The molecule has 3 nitrogen and oxygen atoms in total. The molecule has 3 rings (SSSR count). The number of ketones is 1. The highest BCUT2D eigenvalue weighted by Crippen LogP contribution is 2.26. The van der Waals surface area contributed by atoms with E-state index in [-0.39, 0.29) is 5.78 Å². The molecule has 0 fully saturated rings. The number of anilines is 2. The number of carbonyl (C=O) groups excluding carboxylic acids is 1. The van der Waals surface area contributed by atoms with Gasteiger partial charge in [-0.2, -0.15) is 0 Å². The van der Waals surface area contributed by atoms with E-state index >= 15 is 0 Å². The molecule has 1 heterocycles. The summed E-state index contributed by atoms with van der Waals surface area (Å²) in [4.78, 5) is 16.8. The van der Waals surface area contributed by atoms with Crippen molar-refractivity contribution >= 4 is 28.9 Å². The maximum absolute atomic E-state index is 12.6. The lowest BCUT2D eigenvalue weighted by molar-refractivity contribution is 0.103. The number of benzene rings is 2. The van der Waals surface area contributed by atoms with Crippen LogP contribution in [0.25, 0.3) is 0 Å². The van der Waals surface area contributed by atoms with Crippen LogP contribution in [0.15, 0.2) is 66.9 Å². The topological polar surface area (TPSA) is 42.0 Å². The molecule has 1 aromatic heterocycles. The first kappa shape index (κ1) is 15.3. The Morgan fingerprint density at radius 3 is 2.48 bits per heavy atom. The third-order valence-corrected chi connectivity index (χ3v) is 3.85. The van der Waals surface area contributed by atoms with Crippen LogP contribution in [-0.4, -0.2) is 10.8 Å². The fraction of sp³-hybridized carbons (Fsp3) is 0.0526. The Morgan fingerprint density at radius 1 is 1.00 bits per heavy atom. The summed E-state index contributed by atoms with van der Waals surface area (Å²) < 4.78 is 0. The Morgan fingerprint density at radius 2 is 1.78 bits per heavy atom. The minimum atomic E-state index is -0.0718. The molecule has 4 heteroatoms. The van der Waals surface area contributed by atoms with E-state index in [9.17, 15) is 4.79 Å². The molecule has 0 radical (unpaired) electrons. The number of nitrogens with one attached hydrogen (secondary N) is 1. The monoisotopic (exact) mass is 322 g/mol. The van der Waals surface area contributed by atoms with E-state index in [1.54, 1.807) is 18.3 Å². The maximum Gasteiger partial charge on any atom is 0.194 e. The molecule has 23 heavy (non-hydrogen) atoms. The molecule has 1 N–H and O–H groups in total. The van der Waals surface area contributed by atoms with Gasteiger partial charge in [0.25, 0.3) is 0 Å². The normalized spacial score (nSPS) is 10.3. The zero-order valence-electron chi connectivity index (χ0n) is 12.6. The molecule has 0 saturated carbocycles. The van der Waals surface area contributed by atoms with Gasteiger partial charge in [-0.05, 0) is 42.8 Å². The minimum Gasteiger partial charge on any atom is -0.340 e. The second-order valence-corrected chi connectivity index (χ2v) is 5.59. The van der Waals surface area contributed by atoms with Crippen molar-refractivity contribution < 1.29 is 4.79 Å². The summed E-state index contributed by atoms with van der Waals surface area (Å²) in [5.41, 5.74) is 2.88. The molecular formula is C19H15ClN2O. The van der Waals surface area contributed by atoms with Gasteiger partial charge in [-0.15, -0.1) is 0 Å². The van der Waals surface area contributed by atoms with Crippen LogP contribution in [-0.2, 0) is 0 Å². The van der Waals surface area contributed by atoms with E-state index in [2.05, 4.69) is 10.3 Å². The van der Waals surface area contributed by atoms with Crippen LogP contribution in [0.5, 0.6) is 0 Å². The van der Waals surface area contributed by atoms with Gasteiger partial charge in [0, 0.05) is 23.0 Å². The molecule has 0 atom stereocenters. The van der Waals surface area contributed by atoms with Crippen molar-refractivity contribution in [1.82, 2.24) is 4.98 Å². The Bertz CT molecular complexity index is 847. The van der Waals surface area contributed by atoms with E-state index in [0.717, 1.165) is 17.1 Å². The van der Waals surface area contributed by atoms with Crippen molar-refractivity contribution in [2.24, 2.45) is 0 Å². The summed E-state index contributed by atoms with van der Waals surface area (Å²) in [5.74, 6) is 0.652. The van der Waals surface area contributed by atoms with E-state index in [1.807, 2.05) is 55.5 Å². The van der Waals surface area contributed by atoms with Gasteiger partial charge in [0.05, 0.1) is 5.02 Å². The fourth-order valence-corrected chi connectivity index (χ4v) is 2.60. The zero-order valence-corrected chi connectivity index (χ0v) is 13.3. The van der Waals surface area contributed by atoms with Crippen molar-refractivity contribution in [3.8, 4) is 0 Å². The van der Waals surface area contributed by atoms with Crippen molar-refractivity contribution in [2.45, 2.75) is 6.92 Å². The third kappa shape index (κ3) is 3.41. The number of hydrogen-bond donors (Lipinski definition) is 1. The summed E-state index contributed by atoms with van der Waals surface area (Å²) in [6.45, 7) is 1.91. The molecule has 114 valence electrons. The van der Waals surface area contributed by atoms with Crippen molar-refractivity contribution in [3.63, 3.8) is 0 Å². The van der Waals surface area contributed by atoms with Crippen molar-refractivity contribution in [1.29, 1.82) is 0 Å². The first-order valence-electron chi connectivity index (χ1n) is 7.23. The van der Waals surface area contributed by atoms with Crippen molar-refractivity contribution in [3.05, 3.63) is 88.6 Å². The van der Waals surface area contributed by atoms with E-state index in [4.69, 9.17) is 11.6 Å². The van der Waals surface area contributed by atoms with Crippen LogP contribution in [0.4, 0.5) is 11.5 Å². The average molecular weight is 323 g/mol. The van der Waals surface area contributed by atoms with E-state index in [1.165, 1.54) is 0 Å². The number of rotatable bonds is 4. The fourth-order valence-electron chi connectivity index (χ4n) is 2.33. The summed E-state index contributed by atoms with van der Waals surface area (Å²) in [6, 6.07) is 18.4. The van der Waals surface area contributed by atoms with Crippen LogP contribution in [0.2, 0.25) is 5.02 Å². The maximum atomic E-state index is 12.6. The molecule has 3 aromatic rings. The molecule has 2 aromatic carbocycles. The van der Waals surface area contributed by atoms with E-state index < -0.39 is 0 Å². The lowest BCUT2D eigenvalue weighted by Gasteiger charge is -2.10. The van der Waals surface area contributed by atoms with Crippen molar-refractivity contribution in [2.75, 3.05) is 5.32 Å². The predicted molar refractivity (Wildman–Crippen MR) is 93.6 cm³/mol. The van der Waals surface area contributed by atoms with Crippen LogP contribution < -0.4 is 5.32 Å². The highest BCUT2D eigenvalue weighted by atomic mass is 35.5. The number of carbonyl (C=O) groups is 1. The van der Waals surface area contributed by atoms with Crippen LogP contribution in [0, 0.1) is 6.92 Å². The lowest BCUT2D eigenvalue weighted by Crippen LogP contribution is -2.04. The highest BCUT2D eigenvalue weighted by molar-refractivity contribution is 6.35. The molecule has 0 spiro atoms. The number of nitrogens with zero attached hydrogens (tertiary/aromatic N) is 1. The Hall–Kier alpha value is -2.65. The van der Waals surface area contributed by atoms with Gasteiger partial charge in [0.15, 0.2) is 5.78 Å². The Labute approximate surface area is 140 Å². The molecular weight excluding hydrogens is 308 g/mol. The largest absolute Gasteiger partial charge is 0.340 e.